The number of hydrogen-bond acceptors (Lipinski definition) is 4. The van der Waals surface area contributed by atoms with Crippen molar-refractivity contribution in [3.05, 3.63) is 21.9 Å². The molecule has 1 aliphatic heterocycles. The lowest BCUT2D eigenvalue weighted by atomic mass is 9.89. The first kappa shape index (κ1) is 15.0. The summed E-state index contributed by atoms with van der Waals surface area (Å²) in [7, 11) is 1.71. The maximum absolute atomic E-state index is 11.9. The SMILES string of the molecule is CNC(=O)C1(C)CCN(Cc2ccc(C#CCN)s2)C1. The highest BCUT2D eigenvalue weighted by Gasteiger charge is 2.39. The summed E-state index contributed by atoms with van der Waals surface area (Å²) >= 11 is 1.70. The molecule has 0 aliphatic carbocycles. The molecule has 1 amide bonds. The number of nitrogens with one attached hydrogen (secondary N) is 1. The Morgan fingerprint density at radius 2 is 2.40 bits per heavy atom. The maximum atomic E-state index is 11.9. The number of hydrogen-bond donors (Lipinski definition) is 2. The van der Waals surface area contributed by atoms with E-state index in [-0.39, 0.29) is 11.3 Å². The van der Waals surface area contributed by atoms with Crippen LogP contribution in [0.4, 0.5) is 0 Å². The Morgan fingerprint density at radius 3 is 3.10 bits per heavy atom. The van der Waals surface area contributed by atoms with E-state index in [2.05, 4.69) is 28.1 Å². The van der Waals surface area contributed by atoms with Crippen molar-refractivity contribution in [1.82, 2.24) is 10.2 Å². The van der Waals surface area contributed by atoms with Crippen LogP contribution in [0.1, 0.15) is 23.1 Å². The van der Waals surface area contributed by atoms with Crippen molar-refractivity contribution in [3.8, 4) is 11.8 Å². The van der Waals surface area contributed by atoms with Gasteiger partial charge < -0.3 is 11.1 Å². The smallest absolute Gasteiger partial charge is 0.227 e. The van der Waals surface area contributed by atoms with Gasteiger partial charge in [0.1, 0.15) is 0 Å². The zero-order valence-corrected chi connectivity index (χ0v) is 12.8. The summed E-state index contributed by atoms with van der Waals surface area (Å²) in [5.74, 6) is 6.06. The molecule has 1 fully saturated rings. The first-order valence-electron chi connectivity index (χ1n) is 6.79. The first-order valence-corrected chi connectivity index (χ1v) is 7.61. The van der Waals surface area contributed by atoms with Crippen molar-refractivity contribution in [1.29, 1.82) is 0 Å². The summed E-state index contributed by atoms with van der Waals surface area (Å²) in [6.07, 6.45) is 0.915. The zero-order valence-electron chi connectivity index (χ0n) is 12.0. The Bertz CT molecular complexity index is 543. The van der Waals surface area contributed by atoms with Crippen LogP contribution in [0.25, 0.3) is 0 Å². The van der Waals surface area contributed by atoms with E-state index in [1.54, 1.807) is 18.4 Å². The Kier molecular flexibility index (Phi) is 4.81. The van der Waals surface area contributed by atoms with Crippen LogP contribution in [0.3, 0.4) is 0 Å². The van der Waals surface area contributed by atoms with Crippen LogP contribution >= 0.6 is 11.3 Å². The first-order chi connectivity index (χ1) is 9.57. The molecule has 1 aromatic heterocycles. The molecule has 1 saturated heterocycles. The summed E-state index contributed by atoms with van der Waals surface area (Å²) in [5, 5.41) is 2.77. The number of carbonyl (C=O) groups is 1. The third kappa shape index (κ3) is 3.40. The van der Waals surface area contributed by atoms with E-state index in [1.165, 1.54) is 4.88 Å². The molecule has 3 N–H and O–H groups in total. The Labute approximate surface area is 124 Å². The van der Waals surface area contributed by atoms with Crippen LogP contribution in [0.15, 0.2) is 12.1 Å². The molecule has 1 aromatic rings. The van der Waals surface area contributed by atoms with E-state index in [0.717, 1.165) is 30.9 Å². The van der Waals surface area contributed by atoms with Crippen molar-refractivity contribution in [2.75, 3.05) is 26.7 Å². The predicted molar refractivity (Wildman–Crippen MR) is 82.3 cm³/mol. The molecular weight excluding hydrogens is 270 g/mol. The highest BCUT2D eigenvalue weighted by molar-refractivity contribution is 7.12. The van der Waals surface area contributed by atoms with Gasteiger partial charge in [-0.1, -0.05) is 11.8 Å². The van der Waals surface area contributed by atoms with Crippen LogP contribution in [0, 0.1) is 17.3 Å². The van der Waals surface area contributed by atoms with Gasteiger partial charge in [0.05, 0.1) is 16.8 Å². The third-order valence-corrected chi connectivity index (χ3v) is 4.67. The van der Waals surface area contributed by atoms with E-state index >= 15 is 0 Å². The van der Waals surface area contributed by atoms with Crippen molar-refractivity contribution < 1.29 is 4.79 Å². The number of nitrogens with two attached hydrogens (primary N) is 1. The molecule has 0 radical (unpaired) electrons. The van der Waals surface area contributed by atoms with Crippen LogP contribution in [0.5, 0.6) is 0 Å². The Hall–Kier alpha value is -1.35. The van der Waals surface area contributed by atoms with E-state index < -0.39 is 0 Å². The number of carbonyl (C=O) groups excluding carboxylic acids is 1. The normalized spacial score (nSPS) is 22.4. The second-order valence-electron chi connectivity index (χ2n) is 5.37. The van der Waals surface area contributed by atoms with Crippen molar-refractivity contribution in [2.24, 2.45) is 11.1 Å². The molecule has 0 bridgehead atoms. The van der Waals surface area contributed by atoms with E-state index in [1.807, 2.05) is 13.0 Å². The predicted octanol–water partition coefficient (Wildman–Crippen LogP) is 1.02. The molecule has 20 heavy (non-hydrogen) atoms. The van der Waals surface area contributed by atoms with Gasteiger partial charge in [-0.05, 0) is 32.0 Å². The minimum atomic E-state index is -0.256. The van der Waals surface area contributed by atoms with Gasteiger partial charge in [-0.2, -0.15) is 0 Å². The minimum absolute atomic E-state index is 0.140. The Morgan fingerprint density at radius 1 is 1.60 bits per heavy atom. The largest absolute Gasteiger partial charge is 0.359 e. The van der Waals surface area contributed by atoms with Crippen molar-refractivity contribution in [2.45, 2.75) is 19.9 Å². The van der Waals surface area contributed by atoms with Gasteiger partial charge in [0, 0.05) is 25.0 Å². The maximum Gasteiger partial charge on any atom is 0.227 e. The second kappa shape index (κ2) is 6.40. The van der Waals surface area contributed by atoms with Gasteiger partial charge in [0.25, 0.3) is 0 Å². The Balaban J connectivity index is 1.95. The molecule has 4 nitrogen and oxygen atoms in total. The van der Waals surface area contributed by atoms with Crippen molar-refractivity contribution >= 4 is 17.2 Å². The summed E-state index contributed by atoms with van der Waals surface area (Å²) in [6.45, 7) is 5.10. The van der Waals surface area contributed by atoms with Crippen LogP contribution in [-0.4, -0.2) is 37.5 Å². The lowest BCUT2D eigenvalue weighted by molar-refractivity contribution is -0.129. The quantitative estimate of drug-likeness (QED) is 0.817. The molecule has 108 valence electrons. The molecule has 0 aromatic carbocycles. The average molecular weight is 291 g/mol. The number of nitrogens with zero attached hydrogens (tertiary/aromatic N) is 1. The van der Waals surface area contributed by atoms with Crippen LogP contribution in [-0.2, 0) is 11.3 Å². The summed E-state index contributed by atoms with van der Waals surface area (Å²) < 4.78 is 0. The van der Waals surface area contributed by atoms with Crippen LogP contribution in [0.2, 0.25) is 0 Å². The summed E-state index contributed by atoms with van der Waals surface area (Å²) in [6, 6.07) is 4.15. The monoisotopic (exact) mass is 291 g/mol. The molecule has 2 rings (SSSR count). The number of rotatable bonds is 3. The molecule has 0 saturated carbocycles. The number of likely N-dealkylation sites (tertiary alicyclic amines) is 1. The fraction of sp³-hybridized carbons (Fsp3) is 0.533. The average Bonchev–Trinajstić information content (AvgIpc) is 3.04. The van der Waals surface area contributed by atoms with Gasteiger partial charge in [-0.3, -0.25) is 9.69 Å². The molecule has 0 spiro atoms. The van der Waals surface area contributed by atoms with Gasteiger partial charge >= 0.3 is 0 Å². The molecule has 2 heterocycles. The summed E-state index contributed by atoms with van der Waals surface area (Å²) in [5.41, 5.74) is 5.12. The molecule has 1 aliphatic rings. The molecular formula is C15H21N3OS. The fourth-order valence-corrected chi connectivity index (χ4v) is 3.49. The van der Waals surface area contributed by atoms with Crippen molar-refractivity contribution in [3.63, 3.8) is 0 Å². The highest BCUT2D eigenvalue weighted by atomic mass is 32.1. The summed E-state index contributed by atoms with van der Waals surface area (Å²) in [4.78, 5) is 16.6. The molecule has 5 heteroatoms. The molecule has 1 atom stereocenters. The van der Waals surface area contributed by atoms with E-state index in [4.69, 9.17) is 5.73 Å². The van der Waals surface area contributed by atoms with Gasteiger partial charge in [-0.15, -0.1) is 11.3 Å². The van der Waals surface area contributed by atoms with E-state index in [0.29, 0.717) is 6.54 Å². The minimum Gasteiger partial charge on any atom is -0.359 e. The third-order valence-electron chi connectivity index (χ3n) is 3.68. The van der Waals surface area contributed by atoms with Gasteiger partial charge in [0.2, 0.25) is 5.91 Å². The standard InChI is InChI=1S/C15H21N3OS/c1-15(14(19)17-2)7-9-18(11-15)10-13-6-5-12(20-13)4-3-8-16/h5-6H,7-11,16H2,1-2H3,(H,17,19). The van der Waals surface area contributed by atoms with Gasteiger partial charge in [0.15, 0.2) is 0 Å². The van der Waals surface area contributed by atoms with Crippen LogP contribution < -0.4 is 11.1 Å². The van der Waals surface area contributed by atoms with E-state index in [9.17, 15) is 4.79 Å². The fourth-order valence-electron chi connectivity index (χ4n) is 2.57. The lowest BCUT2D eigenvalue weighted by Gasteiger charge is -2.22. The molecule has 1 unspecified atom stereocenters. The highest BCUT2D eigenvalue weighted by Crippen LogP contribution is 2.31. The number of thiophene rings is 1. The topological polar surface area (TPSA) is 58.4 Å². The lowest BCUT2D eigenvalue weighted by Crippen LogP contribution is -2.39. The van der Waals surface area contributed by atoms with Gasteiger partial charge in [-0.25, -0.2) is 0 Å². The second-order valence-corrected chi connectivity index (χ2v) is 6.54. The zero-order chi connectivity index (χ0) is 14.6. The number of amides is 1.